The highest BCUT2D eigenvalue weighted by Crippen LogP contribution is 2.33. The Morgan fingerprint density at radius 2 is 2.38 bits per heavy atom. The highest BCUT2D eigenvalue weighted by Gasteiger charge is 2.20. The quantitative estimate of drug-likeness (QED) is 0.573. The Kier molecular flexibility index (Phi) is 5.65. The maximum absolute atomic E-state index is 11.7. The molecule has 2 rings (SSSR count). The summed E-state index contributed by atoms with van der Waals surface area (Å²) in [5.41, 5.74) is 2.13. The average Bonchev–Trinajstić information content (AvgIpc) is 2.87. The van der Waals surface area contributed by atoms with E-state index in [1.807, 2.05) is 17.0 Å². The van der Waals surface area contributed by atoms with Crippen molar-refractivity contribution in [3.05, 3.63) is 40.9 Å². The summed E-state index contributed by atoms with van der Waals surface area (Å²) in [6.45, 7) is 8.00. The first-order valence-electron chi connectivity index (χ1n) is 7.07. The Labute approximate surface area is 130 Å². The minimum atomic E-state index is -0.237. The number of halogens is 1. The lowest BCUT2D eigenvalue weighted by atomic mass is 10.1. The van der Waals surface area contributed by atoms with Crippen LogP contribution in [0.2, 0.25) is 5.02 Å². The predicted molar refractivity (Wildman–Crippen MR) is 82.8 cm³/mol. The molecule has 0 aliphatic carbocycles. The van der Waals surface area contributed by atoms with Gasteiger partial charge < -0.3 is 9.47 Å². The molecule has 4 nitrogen and oxygen atoms in total. The van der Waals surface area contributed by atoms with Gasteiger partial charge in [-0.3, -0.25) is 9.69 Å². The maximum atomic E-state index is 11.7. The number of nitrogens with zero attached hydrogens (tertiary/aromatic N) is 1. The minimum absolute atomic E-state index is 0.223. The number of hydrogen-bond acceptors (Lipinski definition) is 4. The normalized spacial score (nSPS) is 12.9. The van der Waals surface area contributed by atoms with E-state index in [9.17, 15) is 4.79 Å². The zero-order valence-electron chi connectivity index (χ0n) is 12.2. The molecule has 0 N–H and O–H groups in total. The minimum Gasteiger partial charge on any atom is -0.493 e. The zero-order valence-corrected chi connectivity index (χ0v) is 13.0. The van der Waals surface area contributed by atoms with Crippen LogP contribution in [-0.4, -0.2) is 37.2 Å². The van der Waals surface area contributed by atoms with Crippen LogP contribution in [0.1, 0.15) is 18.1 Å². The van der Waals surface area contributed by atoms with Crippen molar-refractivity contribution in [3.63, 3.8) is 0 Å². The molecule has 0 saturated heterocycles. The molecule has 0 saturated carbocycles. The number of ether oxygens (including phenoxy) is 2. The summed E-state index contributed by atoms with van der Waals surface area (Å²) < 4.78 is 10.7. The van der Waals surface area contributed by atoms with Gasteiger partial charge in [0.1, 0.15) is 5.75 Å². The number of carbonyl (C=O) groups excluding carboxylic acids is 1. The van der Waals surface area contributed by atoms with E-state index >= 15 is 0 Å². The standard InChI is InChI=1S/C16H20ClNO3/c1-3-6-18(11-15(19)20-4-2)10-13-9-14(17)8-12-5-7-21-16(12)13/h3,8-9H,1,4-7,10-11H2,2H3. The molecule has 0 bridgehead atoms. The van der Waals surface area contributed by atoms with E-state index < -0.39 is 0 Å². The lowest BCUT2D eigenvalue weighted by molar-refractivity contribution is -0.144. The van der Waals surface area contributed by atoms with Crippen molar-refractivity contribution < 1.29 is 14.3 Å². The van der Waals surface area contributed by atoms with Gasteiger partial charge in [0.25, 0.3) is 0 Å². The molecule has 0 fully saturated rings. The summed E-state index contributed by atoms with van der Waals surface area (Å²) in [6, 6.07) is 3.84. The van der Waals surface area contributed by atoms with Crippen LogP contribution in [0.15, 0.2) is 24.8 Å². The molecule has 0 aromatic heterocycles. The third-order valence-electron chi connectivity index (χ3n) is 3.26. The van der Waals surface area contributed by atoms with Crippen molar-refractivity contribution in [3.8, 4) is 5.75 Å². The summed E-state index contributed by atoms with van der Waals surface area (Å²) in [6.07, 6.45) is 2.65. The summed E-state index contributed by atoms with van der Waals surface area (Å²) in [4.78, 5) is 13.6. The Bertz CT molecular complexity index is 530. The molecule has 5 heteroatoms. The molecule has 1 aliphatic heterocycles. The highest BCUT2D eigenvalue weighted by molar-refractivity contribution is 6.30. The Balaban J connectivity index is 2.13. The molecule has 114 valence electrons. The second-order valence-corrected chi connectivity index (χ2v) is 5.35. The molecule has 0 amide bonds. The van der Waals surface area contributed by atoms with Crippen molar-refractivity contribution in [1.29, 1.82) is 0 Å². The zero-order chi connectivity index (χ0) is 15.2. The fraction of sp³-hybridized carbons (Fsp3) is 0.438. The van der Waals surface area contributed by atoms with Gasteiger partial charge in [0.15, 0.2) is 0 Å². The van der Waals surface area contributed by atoms with Crippen molar-refractivity contribution >= 4 is 17.6 Å². The molecule has 1 aromatic carbocycles. The number of fused-ring (bicyclic) bond motifs is 1. The fourth-order valence-electron chi connectivity index (χ4n) is 2.46. The number of hydrogen-bond donors (Lipinski definition) is 0. The Morgan fingerprint density at radius 1 is 1.57 bits per heavy atom. The van der Waals surface area contributed by atoms with Crippen LogP contribution in [0.4, 0.5) is 0 Å². The summed E-state index contributed by atoms with van der Waals surface area (Å²) in [5.74, 6) is 0.663. The molecule has 1 aliphatic rings. The lowest BCUT2D eigenvalue weighted by Crippen LogP contribution is -2.31. The van der Waals surface area contributed by atoms with Crippen molar-refractivity contribution in [2.45, 2.75) is 19.9 Å². The lowest BCUT2D eigenvalue weighted by Gasteiger charge is -2.21. The van der Waals surface area contributed by atoms with E-state index in [-0.39, 0.29) is 12.5 Å². The fourth-order valence-corrected chi connectivity index (χ4v) is 2.72. The third kappa shape index (κ3) is 4.22. The molecule has 21 heavy (non-hydrogen) atoms. The van der Waals surface area contributed by atoms with Gasteiger partial charge in [-0.2, -0.15) is 0 Å². The van der Waals surface area contributed by atoms with E-state index in [1.54, 1.807) is 13.0 Å². The number of carbonyl (C=O) groups is 1. The van der Waals surface area contributed by atoms with Gasteiger partial charge in [0, 0.05) is 30.1 Å². The van der Waals surface area contributed by atoms with Gasteiger partial charge in [0.2, 0.25) is 0 Å². The first-order valence-corrected chi connectivity index (χ1v) is 7.44. The third-order valence-corrected chi connectivity index (χ3v) is 3.48. The predicted octanol–water partition coefficient (Wildman–Crippen LogP) is 2.83. The molecule has 0 atom stereocenters. The summed E-state index contributed by atoms with van der Waals surface area (Å²) in [7, 11) is 0. The van der Waals surface area contributed by atoms with Gasteiger partial charge in [0.05, 0.1) is 19.8 Å². The van der Waals surface area contributed by atoms with E-state index in [2.05, 4.69) is 6.58 Å². The van der Waals surface area contributed by atoms with Crippen molar-refractivity contribution in [2.75, 3.05) is 26.3 Å². The Hall–Kier alpha value is -1.52. The van der Waals surface area contributed by atoms with E-state index in [4.69, 9.17) is 21.1 Å². The second kappa shape index (κ2) is 7.48. The maximum Gasteiger partial charge on any atom is 0.320 e. The first kappa shape index (κ1) is 15.9. The summed E-state index contributed by atoms with van der Waals surface area (Å²) in [5, 5.41) is 0.698. The monoisotopic (exact) mass is 309 g/mol. The van der Waals surface area contributed by atoms with Crippen LogP contribution in [0.5, 0.6) is 5.75 Å². The summed E-state index contributed by atoms with van der Waals surface area (Å²) >= 11 is 6.16. The molecular weight excluding hydrogens is 290 g/mol. The van der Waals surface area contributed by atoms with Crippen LogP contribution in [0.25, 0.3) is 0 Å². The van der Waals surface area contributed by atoms with Crippen LogP contribution < -0.4 is 4.74 Å². The van der Waals surface area contributed by atoms with Gasteiger partial charge in [-0.05, 0) is 24.6 Å². The molecule has 0 radical (unpaired) electrons. The molecular formula is C16H20ClNO3. The largest absolute Gasteiger partial charge is 0.493 e. The van der Waals surface area contributed by atoms with E-state index in [1.165, 1.54) is 0 Å². The van der Waals surface area contributed by atoms with Crippen LogP contribution >= 0.6 is 11.6 Å². The second-order valence-electron chi connectivity index (χ2n) is 4.91. The van der Waals surface area contributed by atoms with Gasteiger partial charge >= 0.3 is 5.97 Å². The molecule has 0 unspecified atom stereocenters. The van der Waals surface area contributed by atoms with E-state index in [0.29, 0.717) is 31.3 Å². The highest BCUT2D eigenvalue weighted by atomic mass is 35.5. The molecule has 0 spiro atoms. The van der Waals surface area contributed by atoms with Crippen molar-refractivity contribution in [2.24, 2.45) is 0 Å². The smallest absolute Gasteiger partial charge is 0.320 e. The SMILES string of the molecule is C=CCN(CC(=O)OCC)Cc1cc(Cl)cc2c1OCC2. The number of esters is 1. The average molecular weight is 310 g/mol. The topological polar surface area (TPSA) is 38.8 Å². The number of rotatable bonds is 7. The van der Waals surface area contributed by atoms with E-state index in [0.717, 1.165) is 23.3 Å². The van der Waals surface area contributed by atoms with Gasteiger partial charge in [-0.1, -0.05) is 17.7 Å². The van der Waals surface area contributed by atoms with Crippen LogP contribution in [0, 0.1) is 0 Å². The Morgan fingerprint density at radius 3 is 3.10 bits per heavy atom. The van der Waals surface area contributed by atoms with Gasteiger partial charge in [-0.25, -0.2) is 0 Å². The van der Waals surface area contributed by atoms with Gasteiger partial charge in [-0.15, -0.1) is 6.58 Å². The molecule has 1 heterocycles. The van der Waals surface area contributed by atoms with Crippen LogP contribution in [-0.2, 0) is 22.5 Å². The molecule has 1 aromatic rings. The number of benzene rings is 1. The first-order chi connectivity index (χ1) is 10.1. The van der Waals surface area contributed by atoms with Crippen LogP contribution in [0.3, 0.4) is 0 Å². The van der Waals surface area contributed by atoms with Crippen molar-refractivity contribution in [1.82, 2.24) is 4.90 Å².